The molecule has 104 valence electrons. The second kappa shape index (κ2) is 5.69. The second-order valence-corrected chi connectivity index (χ2v) is 5.90. The molecule has 0 spiro atoms. The number of nitrogens with one attached hydrogen (secondary N) is 1. The van der Waals surface area contributed by atoms with Crippen LogP contribution < -0.4 is 10.5 Å². The van der Waals surface area contributed by atoms with E-state index < -0.39 is 0 Å². The molecule has 2 aromatic heterocycles. The lowest BCUT2D eigenvalue weighted by Crippen LogP contribution is -2.14. The standard InChI is InChI=1S/C16H18N2OS/c1-19-12-4-5-16-14(8-12)15(10-18-16)11(9-17)7-13-3-2-6-20-13/h2-6,8,10-11,18H,7,9,17H2,1H3. The van der Waals surface area contributed by atoms with Crippen molar-refractivity contribution in [3.8, 4) is 5.75 Å². The zero-order chi connectivity index (χ0) is 13.9. The molecule has 20 heavy (non-hydrogen) atoms. The Bertz CT molecular complexity index is 688. The molecule has 1 unspecified atom stereocenters. The first kappa shape index (κ1) is 13.2. The third-order valence-corrected chi connectivity index (χ3v) is 4.57. The van der Waals surface area contributed by atoms with Gasteiger partial charge in [0.2, 0.25) is 0 Å². The highest BCUT2D eigenvalue weighted by Crippen LogP contribution is 2.31. The van der Waals surface area contributed by atoms with Gasteiger partial charge in [-0.2, -0.15) is 0 Å². The number of fused-ring (bicyclic) bond motifs is 1. The lowest BCUT2D eigenvalue weighted by molar-refractivity contribution is 0.415. The van der Waals surface area contributed by atoms with Crippen molar-refractivity contribution in [3.05, 3.63) is 52.3 Å². The first-order chi connectivity index (χ1) is 9.81. The minimum Gasteiger partial charge on any atom is -0.497 e. The number of thiophene rings is 1. The van der Waals surface area contributed by atoms with E-state index in [1.165, 1.54) is 15.8 Å². The number of hydrogen-bond acceptors (Lipinski definition) is 3. The van der Waals surface area contributed by atoms with E-state index in [2.05, 4.69) is 40.8 Å². The number of aromatic nitrogens is 1. The lowest BCUT2D eigenvalue weighted by Gasteiger charge is -2.13. The Hall–Kier alpha value is -1.78. The molecule has 0 fully saturated rings. The van der Waals surface area contributed by atoms with Gasteiger partial charge in [0.25, 0.3) is 0 Å². The highest BCUT2D eigenvalue weighted by molar-refractivity contribution is 7.09. The van der Waals surface area contributed by atoms with Crippen LogP contribution in [-0.4, -0.2) is 18.6 Å². The van der Waals surface area contributed by atoms with E-state index in [0.717, 1.165) is 17.7 Å². The number of hydrogen-bond donors (Lipinski definition) is 2. The van der Waals surface area contributed by atoms with Gasteiger partial charge < -0.3 is 15.5 Å². The summed E-state index contributed by atoms with van der Waals surface area (Å²) in [7, 11) is 1.69. The van der Waals surface area contributed by atoms with Gasteiger partial charge in [-0.3, -0.25) is 0 Å². The van der Waals surface area contributed by atoms with Crippen molar-refractivity contribution in [1.82, 2.24) is 4.98 Å². The molecular weight excluding hydrogens is 268 g/mol. The number of ether oxygens (including phenoxy) is 1. The third kappa shape index (κ3) is 2.44. The van der Waals surface area contributed by atoms with Crippen LogP contribution in [0.1, 0.15) is 16.4 Å². The molecule has 3 N–H and O–H groups in total. The molecule has 2 heterocycles. The summed E-state index contributed by atoms with van der Waals surface area (Å²) in [6.45, 7) is 0.641. The first-order valence-electron chi connectivity index (χ1n) is 6.69. The fraction of sp³-hybridized carbons (Fsp3) is 0.250. The molecule has 3 rings (SSSR count). The number of rotatable bonds is 5. The maximum atomic E-state index is 6.00. The lowest BCUT2D eigenvalue weighted by atomic mass is 9.94. The number of aromatic amines is 1. The SMILES string of the molecule is COc1ccc2[nH]cc(C(CN)Cc3cccs3)c2c1. The van der Waals surface area contributed by atoms with Gasteiger partial charge in [0.15, 0.2) is 0 Å². The molecule has 0 bridgehead atoms. The number of H-pyrrole nitrogens is 1. The van der Waals surface area contributed by atoms with E-state index in [9.17, 15) is 0 Å². The Balaban J connectivity index is 1.98. The maximum absolute atomic E-state index is 6.00. The normalized spacial score (nSPS) is 12.7. The minimum absolute atomic E-state index is 0.328. The van der Waals surface area contributed by atoms with Crippen LogP contribution in [0.25, 0.3) is 10.9 Å². The van der Waals surface area contributed by atoms with Gasteiger partial charge in [0, 0.05) is 27.9 Å². The van der Waals surface area contributed by atoms with Crippen molar-refractivity contribution in [2.24, 2.45) is 5.73 Å². The van der Waals surface area contributed by atoms with Gasteiger partial charge in [-0.25, -0.2) is 0 Å². The molecular formula is C16H18N2OS. The molecule has 1 aromatic carbocycles. The van der Waals surface area contributed by atoms with Crippen molar-refractivity contribution in [1.29, 1.82) is 0 Å². The molecule has 0 aliphatic heterocycles. The van der Waals surface area contributed by atoms with E-state index >= 15 is 0 Å². The van der Waals surface area contributed by atoms with Gasteiger partial charge in [-0.1, -0.05) is 6.07 Å². The summed E-state index contributed by atoms with van der Waals surface area (Å²) < 4.78 is 5.32. The average Bonchev–Trinajstić information content (AvgIpc) is 3.13. The predicted molar refractivity (Wildman–Crippen MR) is 84.7 cm³/mol. The highest BCUT2D eigenvalue weighted by Gasteiger charge is 2.16. The van der Waals surface area contributed by atoms with Crippen molar-refractivity contribution in [3.63, 3.8) is 0 Å². The van der Waals surface area contributed by atoms with Gasteiger partial charge >= 0.3 is 0 Å². The van der Waals surface area contributed by atoms with E-state index in [-0.39, 0.29) is 0 Å². The third-order valence-electron chi connectivity index (χ3n) is 3.67. The molecule has 0 saturated heterocycles. The topological polar surface area (TPSA) is 51.0 Å². The fourth-order valence-corrected chi connectivity index (χ4v) is 3.36. The first-order valence-corrected chi connectivity index (χ1v) is 7.57. The molecule has 0 aliphatic rings. The average molecular weight is 286 g/mol. The molecule has 1 atom stereocenters. The number of methoxy groups -OCH3 is 1. The van der Waals surface area contributed by atoms with Gasteiger partial charge in [0.1, 0.15) is 5.75 Å². The summed E-state index contributed by atoms with van der Waals surface area (Å²) in [5.41, 5.74) is 8.40. The zero-order valence-corrected chi connectivity index (χ0v) is 12.2. The van der Waals surface area contributed by atoms with Crippen LogP contribution in [0, 0.1) is 0 Å². The van der Waals surface area contributed by atoms with Crippen LogP contribution >= 0.6 is 11.3 Å². The van der Waals surface area contributed by atoms with Crippen LogP contribution in [0.4, 0.5) is 0 Å². The molecule has 3 aromatic rings. The Morgan fingerprint density at radius 1 is 1.35 bits per heavy atom. The van der Waals surface area contributed by atoms with Crippen LogP contribution in [-0.2, 0) is 6.42 Å². The molecule has 0 radical (unpaired) electrons. The van der Waals surface area contributed by atoms with Crippen molar-refractivity contribution in [2.45, 2.75) is 12.3 Å². The largest absolute Gasteiger partial charge is 0.497 e. The maximum Gasteiger partial charge on any atom is 0.119 e. The van der Waals surface area contributed by atoms with Crippen LogP contribution in [0.5, 0.6) is 5.75 Å². The van der Waals surface area contributed by atoms with E-state index in [4.69, 9.17) is 10.5 Å². The Labute approximate surface area is 122 Å². The Kier molecular flexibility index (Phi) is 3.76. The zero-order valence-electron chi connectivity index (χ0n) is 11.4. The number of nitrogens with two attached hydrogens (primary N) is 1. The van der Waals surface area contributed by atoms with Gasteiger partial charge in [-0.05, 0) is 48.2 Å². The van der Waals surface area contributed by atoms with Crippen LogP contribution in [0.15, 0.2) is 41.9 Å². The van der Waals surface area contributed by atoms with Crippen LogP contribution in [0.2, 0.25) is 0 Å². The van der Waals surface area contributed by atoms with Gasteiger partial charge in [-0.15, -0.1) is 11.3 Å². The monoisotopic (exact) mass is 286 g/mol. The molecule has 0 saturated carbocycles. The predicted octanol–water partition coefficient (Wildman–Crippen LogP) is 3.52. The molecule has 0 amide bonds. The highest BCUT2D eigenvalue weighted by atomic mass is 32.1. The van der Waals surface area contributed by atoms with Crippen molar-refractivity contribution in [2.75, 3.05) is 13.7 Å². The summed E-state index contributed by atoms with van der Waals surface area (Å²) in [5, 5.41) is 3.32. The van der Waals surface area contributed by atoms with Crippen LogP contribution in [0.3, 0.4) is 0 Å². The summed E-state index contributed by atoms with van der Waals surface area (Å²) in [4.78, 5) is 4.70. The molecule has 3 nitrogen and oxygen atoms in total. The van der Waals surface area contributed by atoms with Crippen molar-refractivity contribution >= 4 is 22.2 Å². The van der Waals surface area contributed by atoms with E-state index in [1.54, 1.807) is 18.4 Å². The number of benzene rings is 1. The quantitative estimate of drug-likeness (QED) is 0.754. The molecule has 4 heteroatoms. The van der Waals surface area contributed by atoms with E-state index in [1.807, 2.05) is 6.07 Å². The Morgan fingerprint density at radius 3 is 2.95 bits per heavy atom. The summed E-state index contributed by atoms with van der Waals surface area (Å²) in [6, 6.07) is 10.4. The second-order valence-electron chi connectivity index (χ2n) is 4.87. The summed E-state index contributed by atoms with van der Waals surface area (Å²) >= 11 is 1.79. The van der Waals surface area contributed by atoms with Gasteiger partial charge in [0.05, 0.1) is 7.11 Å². The summed E-state index contributed by atoms with van der Waals surface area (Å²) in [6.07, 6.45) is 3.06. The Morgan fingerprint density at radius 2 is 2.25 bits per heavy atom. The molecule has 0 aliphatic carbocycles. The van der Waals surface area contributed by atoms with E-state index in [0.29, 0.717) is 12.5 Å². The van der Waals surface area contributed by atoms with Crippen molar-refractivity contribution < 1.29 is 4.74 Å². The smallest absolute Gasteiger partial charge is 0.119 e. The minimum atomic E-state index is 0.328. The fourth-order valence-electron chi connectivity index (χ4n) is 2.58. The summed E-state index contributed by atoms with van der Waals surface area (Å²) in [5.74, 6) is 1.21.